The summed E-state index contributed by atoms with van der Waals surface area (Å²) in [4.78, 5) is 24.6. The molecule has 4 aliphatic rings. The Morgan fingerprint density at radius 2 is 2.16 bits per heavy atom. The maximum Gasteiger partial charge on any atom is 0.309 e. The fourth-order valence-corrected chi connectivity index (χ4v) is 5.42. The molecule has 2 saturated heterocycles. The molecule has 0 aromatic carbocycles. The van der Waals surface area contributed by atoms with Gasteiger partial charge >= 0.3 is 11.9 Å². The highest BCUT2D eigenvalue weighted by molar-refractivity contribution is 5.75. The zero-order valence-corrected chi connectivity index (χ0v) is 15.5. The summed E-state index contributed by atoms with van der Waals surface area (Å²) < 4.78 is 17.6. The van der Waals surface area contributed by atoms with Crippen molar-refractivity contribution in [3.8, 4) is 0 Å². The number of ether oxygens (including phenoxy) is 3. The lowest BCUT2D eigenvalue weighted by molar-refractivity contribution is -0.154. The number of carbonyl (C=O) groups excluding carboxylic acids is 2. The van der Waals surface area contributed by atoms with Gasteiger partial charge in [-0.15, -0.1) is 0 Å². The van der Waals surface area contributed by atoms with Crippen LogP contribution in [0.25, 0.3) is 0 Å². The molecular weight excluding hydrogens is 320 g/mol. The van der Waals surface area contributed by atoms with E-state index in [0.717, 1.165) is 12.0 Å². The van der Waals surface area contributed by atoms with Crippen molar-refractivity contribution in [1.29, 1.82) is 0 Å². The summed E-state index contributed by atoms with van der Waals surface area (Å²) in [6, 6.07) is 0. The van der Waals surface area contributed by atoms with E-state index < -0.39 is 0 Å². The molecule has 8 atom stereocenters. The largest absolute Gasteiger partial charge is 0.462 e. The van der Waals surface area contributed by atoms with E-state index in [2.05, 4.69) is 13.5 Å². The van der Waals surface area contributed by atoms with Gasteiger partial charge in [-0.3, -0.25) is 9.59 Å². The molecule has 0 unspecified atom stereocenters. The average molecular weight is 348 g/mol. The molecule has 0 spiro atoms. The van der Waals surface area contributed by atoms with Crippen LogP contribution in [0.4, 0.5) is 0 Å². The second-order valence-corrected chi connectivity index (χ2v) is 8.91. The molecule has 0 N–H and O–H groups in total. The van der Waals surface area contributed by atoms with Gasteiger partial charge in [0.05, 0.1) is 17.6 Å². The topological polar surface area (TPSA) is 65.1 Å². The maximum atomic E-state index is 12.3. The first-order valence-corrected chi connectivity index (χ1v) is 9.47. The van der Waals surface area contributed by atoms with Crippen LogP contribution in [-0.4, -0.2) is 35.9 Å². The summed E-state index contributed by atoms with van der Waals surface area (Å²) in [5, 5.41) is 0. The summed E-state index contributed by atoms with van der Waals surface area (Å²) in [5.41, 5.74) is 0.888. The summed E-state index contributed by atoms with van der Waals surface area (Å²) in [6.07, 6.45) is 1.60. The number of rotatable bonds is 3. The van der Waals surface area contributed by atoms with Gasteiger partial charge < -0.3 is 14.2 Å². The Morgan fingerprint density at radius 3 is 2.84 bits per heavy atom. The predicted octanol–water partition coefficient (Wildman–Crippen LogP) is 2.88. The Hall–Kier alpha value is -1.36. The first-order valence-electron chi connectivity index (χ1n) is 9.47. The molecule has 2 aliphatic carbocycles. The van der Waals surface area contributed by atoms with Gasteiger partial charge in [-0.25, -0.2) is 0 Å². The van der Waals surface area contributed by atoms with E-state index >= 15 is 0 Å². The molecule has 138 valence electrons. The second kappa shape index (κ2) is 5.57. The number of epoxide rings is 1. The molecule has 5 heteroatoms. The molecule has 25 heavy (non-hydrogen) atoms. The van der Waals surface area contributed by atoms with E-state index in [-0.39, 0.29) is 65.4 Å². The van der Waals surface area contributed by atoms with Crippen LogP contribution in [-0.2, 0) is 23.8 Å². The van der Waals surface area contributed by atoms with E-state index in [1.807, 2.05) is 20.8 Å². The van der Waals surface area contributed by atoms with E-state index in [4.69, 9.17) is 14.2 Å². The second-order valence-electron chi connectivity index (χ2n) is 8.91. The van der Waals surface area contributed by atoms with E-state index in [0.29, 0.717) is 12.8 Å². The summed E-state index contributed by atoms with van der Waals surface area (Å²) >= 11 is 0. The molecule has 4 rings (SSSR count). The Kier molecular flexibility index (Phi) is 3.80. The number of carbonyl (C=O) groups is 2. The van der Waals surface area contributed by atoms with Crippen LogP contribution in [0.1, 0.15) is 47.0 Å². The molecule has 2 aliphatic heterocycles. The maximum absolute atomic E-state index is 12.3. The monoisotopic (exact) mass is 348 g/mol. The van der Waals surface area contributed by atoms with Crippen molar-refractivity contribution in [2.45, 2.75) is 70.9 Å². The van der Waals surface area contributed by atoms with Crippen molar-refractivity contribution in [3.05, 3.63) is 12.2 Å². The Labute approximate surface area is 149 Å². The number of fused-ring (bicyclic) bond motifs is 5. The van der Waals surface area contributed by atoms with Crippen LogP contribution < -0.4 is 0 Å². The molecular formula is C20H28O5. The third-order valence-corrected chi connectivity index (χ3v) is 6.75. The van der Waals surface area contributed by atoms with Gasteiger partial charge in [-0.1, -0.05) is 32.9 Å². The minimum Gasteiger partial charge on any atom is -0.462 e. The van der Waals surface area contributed by atoms with Crippen molar-refractivity contribution in [2.24, 2.45) is 29.6 Å². The van der Waals surface area contributed by atoms with Crippen LogP contribution in [0.3, 0.4) is 0 Å². The van der Waals surface area contributed by atoms with Gasteiger partial charge in [-0.05, 0) is 25.2 Å². The predicted molar refractivity (Wildman–Crippen MR) is 90.5 cm³/mol. The lowest BCUT2D eigenvalue weighted by Gasteiger charge is -2.31. The highest BCUT2D eigenvalue weighted by Gasteiger charge is 2.72. The molecule has 5 nitrogen and oxygen atoms in total. The number of hydrogen-bond donors (Lipinski definition) is 0. The van der Waals surface area contributed by atoms with Crippen molar-refractivity contribution < 1.29 is 23.8 Å². The highest BCUT2D eigenvalue weighted by Crippen LogP contribution is 2.63. The van der Waals surface area contributed by atoms with Gasteiger partial charge in [0.2, 0.25) is 0 Å². The lowest BCUT2D eigenvalue weighted by Crippen LogP contribution is -2.41. The van der Waals surface area contributed by atoms with Crippen molar-refractivity contribution in [3.63, 3.8) is 0 Å². The zero-order chi connectivity index (χ0) is 18.1. The van der Waals surface area contributed by atoms with Gasteiger partial charge in [-0.2, -0.15) is 0 Å². The van der Waals surface area contributed by atoms with Crippen molar-refractivity contribution >= 4 is 11.9 Å². The first kappa shape index (κ1) is 17.1. The smallest absolute Gasteiger partial charge is 0.309 e. The molecule has 0 aromatic heterocycles. The summed E-state index contributed by atoms with van der Waals surface area (Å²) in [7, 11) is 0. The van der Waals surface area contributed by atoms with Gasteiger partial charge in [0.25, 0.3) is 0 Å². The molecule has 0 radical (unpaired) electrons. The highest BCUT2D eigenvalue weighted by atomic mass is 16.6. The van der Waals surface area contributed by atoms with Crippen molar-refractivity contribution in [1.82, 2.24) is 0 Å². The third-order valence-electron chi connectivity index (χ3n) is 6.75. The van der Waals surface area contributed by atoms with Crippen LogP contribution in [0.2, 0.25) is 0 Å². The fraction of sp³-hybridized carbons (Fsp3) is 0.800. The normalized spacial score (nSPS) is 47.6. The van der Waals surface area contributed by atoms with Crippen LogP contribution in [0.5, 0.6) is 0 Å². The quantitative estimate of drug-likeness (QED) is 0.446. The number of hydrogen-bond acceptors (Lipinski definition) is 5. The van der Waals surface area contributed by atoms with Gasteiger partial charge in [0.15, 0.2) is 0 Å². The summed E-state index contributed by atoms with van der Waals surface area (Å²) in [5.74, 6) is -0.114. The van der Waals surface area contributed by atoms with Crippen LogP contribution in [0.15, 0.2) is 12.2 Å². The molecule has 4 fully saturated rings. The molecule has 0 aromatic rings. The standard InChI is InChI=1S/C20H28O5/c1-9(2)6-15(21)23-13-7-10(3)12-8-14-20(5,25-14)17(12)18-16(13)11(4)19(22)24-18/h9,11-14,16-18H,3,6-8H2,1-2,4-5H3/t11-,12-,13-,14+,16+,17-,18-,20+/m0/s1. The Bertz CT molecular complexity index is 626. The minimum atomic E-state index is -0.336. The van der Waals surface area contributed by atoms with E-state index in [1.165, 1.54) is 0 Å². The van der Waals surface area contributed by atoms with Crippen molar-refractivity contribution in [2.75, 3.05) is 0 Å². The Balaban J connectivity index is 1.64. The number of esters is 2. The lowest BCUT2D eigenvalue weighted by atomic mass is 9.77. The molecule has 2 saturated carbocycles. The first-order chi connectivity index (χ1) is 11.7. The zero-order valence-electron chi connectivity index (χ0n) is 15.5. The van der Waals surface area contributed by atoms with Gasteiger partial charge in [0, 0.05) is 24.7 Å². The van der Waals surface area contributed by atoms with Crippen LogP contribution in [0, 0.1) is 29.6 Å². The third kappa shape index (κ3) is 2.54. The van der Waals surface area contributed by atoms with E-state index in [1.54, 1.807) is 0 Å². The average Bonchev–Trinajstić information content (AvgIpc) is 2.96. The van der Waals surface area contributed by atoms with Gasteiger partial charge in [0.1, 0.15) is 12.2 Å². The molecule has 0 amide bonds. The minimum absolute atomic E-state index is 0.116. The molecule has 0 bridgehead atoms. The Morgan fingerprint density at radius 1 is 1.44 bits per heavy atom. The molecule has 2 heterocycles. The summed E-state index contributed by atoms with van der Waals surface area (Å²) in [6.45, 7) is 12.3. The van der Waals surface area contributed by atoms with Crippen LogP contribution >= 0.6 is 0 Å². The fourth-order valence-electron chi connectivity index (χ4n) is 5.42. The SMILES string of the molecule is C=C1C[C@H](OC(=O)CC(C)C)[C@@H]2[C@H](OC(=O)[C@H]2C)[C@@H]2[C@H]1C[C@H]1O[C@@]21C. The van der Waals surface area contributed by atoms with E-state index in [9.17, 15) is 9.59 Å².